The van der Waals surface area contributed by atoms with Gasteiger partial charge in [-0.1, -0.05) is 56.0 Å². The summed E-state index contributed by atoms with van der Waals surface area (Å²) in [5.41, 5.74) is 1.35. The van der Waals surface area contributed by atoms with Gasteiger partial charge < -0.3 is 15.4 Å². The van der Waals surface area contributed by atoms with Gasteiger partial charge in [-0.2, -0.15) is 0 Å². The van der Waals surface area contributed by atoms with Crippen LogP contribution in [-0.2, 0) is 16.1 Å². The molecule has 0 atom stereocenters. The zero-order valence-corrected chi connectivity index (χ0v) is 16.1. The first-order valence-electron chi connectivity index (χ1n) is 9.40. The number of nitrogens with one attached hydrogen (secondary N) is 2. The van der Waals surface area contributed by atoms with Crippen molar-refractivity contribution in [3.63, 3.8) is 0 Å². The number of anilines is 1. The molecule has 1 fully saturated rings. The quantitative estimate of drug-likeness (QED) is 0.559. The second kappa shape index (κ2) is 10.1. The van der Waals surface area contributed by atoms with E-state index < -0.39 is 5.97 Å². The van der Waals surface area contributed by atoms with E-state index in [0.717, 1.165) is 31.2 Å². The molecular formula is C20H25N3O3S. The Morgan fingerprint density at radius 2 is 1.85 bits per heavy atom. The van der Waals surface area contributed by atoms with E-state index in [0.29, 0.717) is 11.7 Å². The lowest BCUT2D eigenvalue weighted by Crippen LogP contribution is -2.37. The summed E-state index contributed by atoms with van der Waals surface area (Å²) < 4.78 is 5.10. The molecule has 0 radical (unpaired) electrons. The molecule has 0 aliphatic heterocycles. The van der Waals surface area contributed by atoms with Crippen LogP contribution in [0, 0.1) is 0 Å². The van der Waals surface area contributed by atoms with Crippen LogP contribution >= 0.6 is 11.3 Å². The van der Waals surface area contributed by atoms with Crippen LogP contribution in [-0.4, -0.2) is 29.5 Å². The minimum Gasteiger partial charge on any atom is -0.451 e. The Morgan fingerprint density at radius 3 is 2.59 bits per heavy atom. The van der Waals surface area contributed by atoms with Crippen LogP contribution in [0.15, 0.2) is 35.7 Å². The van der Waals surface area contributed by atoms with Crippen molar-refractivity contribution >= 4 is 28.3 Å². The van der Waals surface area contributed by atoms with Gasteiger partial charge in [0.1, 0.15) is 0 Å². The number of hydrogen-bond donors (Lipinski definition) is 2. The molecule has 6 nitrogen and oxygen atoms in total. The maximum atomic E-state index is 12.1. The third-order valence-electron chi connectivity index (χ3n) is 4.55. The van der Waals surface area contributed by atoms with Gasteiger partial charge >= 0.3 is 5.97 Å². The highest BCUT2D eigenvalue weighted by molar-refractivity contribution is 7.13. The number of hydrogen-bond acceptors (Lipinski definition) is 6. The van der Waals surface area contributed by atoms with Crippen molar-refractivity contribution in [2.24, 2.45) is 0 Å². The van der Waals surface area contributed by atoms with E-state index in [1.54, 1.807) is 5.38 Å². The molecule has 144 valence electrons. The maximum Gasteiger partial charge on any atom is 0.358 e. The second-order valence-corrected chi connectivity index (χ2v) is 7.57. The van der Waals surface area contributed by atoms with Gasteiger partial charge in [0.25, 0.3) is 5.91 Å². The Bertz CT molecular complexity index is 740. The number of rotatable bonds is 7. The highest BCUT2D eigenvalue weighted by Gasteiger charge is 2.17. The summed E-state index contributed by atoms with van der Waals surface area (Å²) in [5, 5.41) is 8.43. The monoisotopic (exact) mass is 387 g/mol. The molecule has 0 saturated heterocycles. The molecular weight excluding hydrogens is 362 g/mol. The number of aromatic nitrogens is 1. The molecule has 3 rings (SSSR count). The summed E-state index contributed by atoms with van der Waals surface area (Å²) in [6.45, 7) is 0.367. The average molecular weight is 388 g/mol. The summed E-state index contributed by atoms with van der Waals surface area (Å²) in [6, 6.07) is 10.1. The van der Waals surface area contributed by atoms with Crippen LogP contribution in [0.1, 0.15) is 54.6 Å². The van der Waals surface area contributed by atoms with Crippen LogP contribution in [0.5, 0.6) is 0 Å². The molecule has 0 bridgehead atoms. The standard InChI is InChI=1S/C20H25N3O3S/c24-18(22-16-10-6-1-2-7-11-16)13-26-19(25)17-14-27-20(23-17)21-12-15-8-4-3-5-9-15/h3-5,8-9,14,16H,1-2,6-7,10-13H2,(H,21,23)(H,22,24). The SMILES string of the molecule is O=C(COC(=O)c1csc(NCc2ccccc2)n1)NC1CCCCCC1. The summed E-state index contributed by atoms with van der Waals surface area (Å²) in [4.78, 5) is 28.3. The van der Waals surface area contributed by atoms with E-state index >= 15 is 0 Å². The van der Waals surface area contributed by atoms with Crippen LogP contribution in [0.25, 0.3) is 0 Å². The average Bonchev–Trinajstić information content (AvgIpc) is 3.02. The lowest BCUT2D eigenvalue weighted by atomic mass is 10.1. The molecule has 7 heteroatoms. The number of ether oxygens (including phenoxy) is 1. The lowest BCUT2D eigenvalue weighted by Gasteiger charge is -2.15. The number of esters is 1. The molecule has 1 amide bonds. The first-order valence-corrected chi connectivity index (χ1v) is 10.3. The minimum absolute atomic E-state index is 0.201. The fourth-order valence-corrected chi connectivity index (χ4v) is 3.80. The molecule has 0 spiro atoms. The largest absolute Gasteiger partial charge is 0.451 e. The van der Waals surface area contributed by atoms with Crippen LogP contribution in [0.2, 0.25) is 0 Å². The van der Waals surface area contributed by atoms with Crippen molar-refractivity contribution in [2.75, 3.05) is 11.9 Å². The normalized spacial score (nSPS) is 15.0. The predicted molar refractivity (Wildman–Crippen MR) is 106 cm³/mol. The number of amides is 1. The van der Waals surface area contributed by atoms with Gasteiger partial charge in [0.05, 0.1) is 0 Å². The Balaban J connectivity index is 1.41. The Kier molecular flexibility index (Phi) is 7.21. The maximum absolute atomic E-state index is 12.1. The van der Waals surface area contributed by atoms with Crippen LogP contribution in [0.3, 0.4) is 0 Å². The molecule has 1 aromatic heterocycles. The summed E-state index contributed by atoms with van der Waals surface area (Å²) in [5.74, 6) is -0.817. The van der Waals surface area contributed by atoms with E-state index in [1.165, 1.54) is 24.2 Å². The summed E-state index contributed by atoms with van der Waals surface area (Å²) in [6.07, 6.45) is 6.74. The molecule has 2 N–H and O–H groups in total. The van der Waals surface area contributed by atoms with Crippen molar-refractivity contribution in [1.29, 1.82) is 0 Å². The number of carbonyl (C=O) groups excluding carboxylic acids is 2. The molecule has 1 aliphatic carbocycles. The van der Waals surface area contributed by atoms with Crippen molar-refractivity contribution < 1.29 is 14.3 Å². The predicted octanol–water partition coefficient (Wildman–Crippen LogP) is 3.75. The lowest BCUT2D eigenvalue weighted by molar-refractivity contribution is -0.125. The Morgan fingerprint density at radius 1 is 1.11 bits per heavy atom. The van der Waals surface area contributed by atoms with Gasteiger partial charge in [-0.15, -0.1) is 11.3 Å². The molecule has 1 aromatic carbocycles. The third kappa shape index (κ3) is 6.36. The van der Waals surface area contributed by atoms with Crippen molar-refractivity contribution in [1.82, 2.24) is 10.3 Å². The van der Waals surface area contributed by atoms with E-state index in [1.807, 2.05) is 30.3 Å². The Labute approximate surface area is 163 Å². The number of carbonyl (C=O) groups is 2. The van der Waals surface area contributed by atoms with Crippen molar-refractivity contribution in [3.8, 4) is 0 Å². The zero-order chi connectivity index (χ0) is 18.9. The first kappa shape index (κ1) is 19.4. The van der Waals surface area contributed by atoms with Gasteiger partial charge in [0.15, 0.2) is 17.4 Å². The second-order valence-electron chi connectivity index (χ2n) is 6.71. The summed E-state index contributed by atoms with van der Waals surface area (Å²) in [7, 11) is 0. The fraction of sp³-hybridized carbons (Fsp3) is 0.450. The third-order valence-corrected chi connectivity index (χ3v) is 5.35. The number of nitrogens with zero attached hydrogens (tertiary/aromatic N) is 1. The van der Waals surface area contributed by atoms with Crippen molar-refractivity contribution in [3.05, 3.63) is 47.0 Å². The van der Waals surface area contributed by atoms with Crippen molar-refractivity contribution in [2.45, 2.75) is 51.1 Å². The van der Waals surface area contributed by atoms with E-state index in [9.17, 15) is 9.59 Å². The number of thiazole rings is 1. The van der Waals surface area contributed by atoms with Crippen LogP contribution < -0.4 is 10.6 Å². The molecule has 1 aliphatic rings. The van der Waals surface area contributed by atoms with E-state index in [4.69, 9.17) is 4.74 Å². The smallest absolute Gasteiger partial charge is 0.358 e. The highest BCUT2D eigenvalue weighted by Crippen LogP contribution is 2.18. The molecule has 1 heterocycles. The minimum atomic E-state index is -0.574. The zero-order valence-electron chi connectivity index (χ0n) is 15.3. The van der Waals surface area contributed by atoms with Gasteiger partial charge in [-0.25, -0.2) is 9.78 Å². The Hall–Kier alpha value is -2.41. The number of benzene rings is 1. The molecule has 0 unspecified atom stereocenters. The van der Waals surface area contributed by atoms with Gasteiger partial charge in [0, 0.05) is 18.0 Å². The van der Waals surface area contributed by atoms with Gasteiger partial charge in [-0.3, -0.25) is 4.79 Å². The first-order chi connectivity index (χ1) is 13.2. The molecule has 2 aromatic rings. The van der Waals surface area contributed by atoms with E-state index in [-0.39, 0.29) is 24.2 Å². The van der Waals surface area contributed by atoms with Gasteiger partial charge in [-0.05, 0) is 18.4 Å². The van der Waals surface area contributed by atoms with Gasteiger partial charge in [0.2, 0.25) is 0 Å². The fourth-order valence-electron chi connectivity index (χ4n) is 3.12. The molecule has 27 heavy (non-hydrogen) atoms. The van der Waals surface area contributed by atoms with E-state index in [2.05, 4.69) is 15.6 Å². The van der Waals surface area contributed by atoms with Crippen LogP contribution in [0.4, 0.5) is 5.13 Å². The topological polar surface area (TPSA) is 80.3 Å². The highest BCUT2D eigenvalue weighted by atomic mass is 32.1. The summed E-state index contributed by atoms with van der Waals surface area (Å²) >= 11 is 1.34. The molecule has 1 saturated carbocycles.